The first-order valence-corrected chi connectivity index (χ1v) is 19.9. The number of benzene rings is 9. The van der Waals surface area contributed by atoms with Crippen molar-refractivity contribution < 1.29 is 42.7 Å². The van der Waals surface area contributed by atoms with Gasteiger partial charge in [0.2, 0.25) is 0 Å². The molecule has 59 heavy (non-hydrogen) atoms. The molecule has 0 saturated heterocycles. The second-order valence-corrected chi connectivity index (χ2v) is 14.9. The number of unbranched alkanes of at least 4 members (excludes halogenated alkanes) is 1. The number of hydrogen-bond acceptors (Lipinski definition) is 5. The molecular weight excluding hydrogens is 724 g/mol. The van der Waals surface area contributed by atoms with Gasteiger partial charge in [0.05, 0.1) is 21.3 Å². The van der Waals surface area contributed by atoms with Crippen LogP contribution in [0, 0.1) is 12.8 Å². The predicted octanol–water partition coefficient (Wildman–Crippen LogP) is 10.3. The Balaban J connectivity index is 0.000000535. The van der Waals surface area contributed by atoms with E-state index in [1.807, 2.05) is 48.5 Å². The Hall–Kier alpha value is -5.86. The zero-order chi connectivity index (χ0) is 40.5. The van der Waals surface area contributed by atoms with E-state index in [-0.39, 0.29) is 30.0 Å². The third-order valence-corrected chi connectivity index (χ3v) is 11.7. The molecule has 5 nitrogen and oxygen atoms in total. The molecule has 0 radical (unpaired) electrons. The summed E-state index contributed by atoms with van der Waals surface area (Å²) in [5.74, 6) is 3.03. The number of fused-ring (bicyclic) bond motifs is 1. The van der Waals surface area contributed by atoms with Gasteiger partial charge in [0.15, 0.2) is 0 Å². The molecule has 9 rings (SSSR count). The van der Waals surface area contributed by atoms with Crippen molar-refractivity contribution in [1.82, 2.24) is 0 Å². The van der Waals surface area contributed by atoms with Crippen LogP contribution in [0.5, 0.6) is 17.2 Å². The molecule has 0 fully saturated rings. The molecule has 0 aliphatic rings. The Labute approximate surface area is 358 Å². The summed E-state index contributed by atoms with van der Waals surface area (Å²) in [6, 6.07) is 38.9. The first kappa shape index (κ1) is 41.3. The molecule has 6 heteroatoms. The molecule has 1 atom stereocenters. The average Bonchev–Trinajstić information content (AvgIpc) is 3.29. The molecule has 0 aliphatic heterocycles. The van der Waals surface area contributed by atoms with Crippen molar-refractivity contribution >= 4 is 66.4 Å². The van der Waals surface area contributed by atoms with E-state index in [0.717, 1.165) is 93.7 Å². The topological polar surface area (TPSA) is 61.8 Å². The maximum Gasteiger partial charge on any atom is 1.00 e. The van der Waals surface area contributed by atoms with Crippen molar-refractivity contribution in [2.45, 2.75) is 39.5 Å². The van der Waals surface area contributed by atoms with Gasteiger partial charge < -0.3 is 30.7 Å². The summed E-state index contributed by atoms with van der Waals surface area (Å²) in [6.45, 7) is 8.42. The van der Waals surface area contributed by atoms with Gasteiger partial charge in [-0.3, -0.25) is 0 Å². The van der Waals surface area contributed by atoms with Crippen LogP contribution in [0.1, 0.15) is 50.7 Å². The monoisotopic (exact) mass is 768 g/mol. The van der Waals surface area contributed by atoms with Crippen molar-refractivity contribution in [3.63, 3.8) is 0 Å². The normalized spacial score (nSPS) is 11.8. The minimum absolute atomic E-state index is 0. The van der Waals surface area contributed by atoms with E-state index >= 15 is 0 Å². The molecule has 0 bridgehead atoms. The molecule has 9 aromatic carbocycles. The van der Waals surface area contributed by atoms with Crippen LogP contribution < -0.4 is 33.1 Å². The first-order valence-electron chi connectivity index (χ1n) is 19.9. The molecule has 0 aliphatic carbocycles. The van der Waals surface area contributed by atoms with E-state index in [0.29, 0.717) is 16.7 Å². The van der Waals surface area contributed by atoms with Gasteiger partial charge in [0.25, 0.3) is 0 Å². The summed E-state index contributed by atoms with van der Waals surface area (Å²) in [6.07, 6.45) is 9.45. The largest absolute Gasteiger partial charge is 1.00 e. The van der Waals surface area contributed by atoms with Gasteiger partial charge >= 0.3 is 18.9 Å². The number of rotatable bonds is 12. The van der Waals surface area contributed by atoms with Gasteiger partial charge in [-0.25, -0.2) is 11.1 Å². The third kappa shape index (κ3) is 7.18. The maximum atomic E-state index is 12.7. The second-order valence-electron chi connectivity index (χ2n) is 14.9. The van der Waals surface area contributed by atoms with Crippen LogP contribution in [0.3, 0.4) is 0 Å². The molecule has 0 heterocycles. The molecule has 1 unspecified atom stereocenters. The van der Waals surface area contributed by atoms with E-state index in [1.54, 1.807) is 21.3 Å². The number of hydrogen-bond donors (Lipinski definition) is 0. The molecule has 0 amide bonds. The van der Waals surface area contributed by atoms with Gasteiger partial charge in [-0.15, -0.1) is 12.1 Å². The Morgan fingerprint density at radius 3 is 1.36 bits per heavy atom. The van der Waals surface area contributed by atoms with Crippen LogP contribution in [0.25, 0.3) is 87.2 Å². The standard InChI is InChI=1S/C45H28O5.C8H17.Li/c1-48-28-10-4-25(5-11-28)31-16-21-36-41-32(31)17-19-34-39(23-46)40(24-47)35-20-18-33-37(26-6-12-29(49-2)13-7-26)22-38(27-8-14-30(50-3)15-9-27)42(36)43(33)45(35)44(34)41;1-4-6-7-8(3)5-2;/h4-22H,1-3H3;8H,3-7H2,1-2H3;/q-2;-1;+1. The Morgan fingerprint density at radius 2 is 0.898 bits per heavy atom. The van der Waals surface area contributed by atoms with Crippen LogP contribution in [0.4, 0.5) is 0 Å². The fraction of sp³-hybridized carbons (Fsp3) is 0.189. The molecule has 0 spiro atoms. The minimum Gasteiger partial charge on any atom is -0.497 e. The summed E-state index contributed by atoms with van der Waals surface area (Å²) >= 11 is 0. The van der Waals surface area contributed by atoms with E-state index in [1.165, 1.54) is 25.7 Å². The van der Waals surface area contributed by atoms with Gasteiger partial charge in [-0.1, -0.05) is 111 Å². The summed E-state index contributed by atoms with van der Waals surface area (Å²) in [4.78, 5) is 25.4. The van der Waals surface area contributed by atoms with Crippen molar-refractivity contribution in [3.05, 3.63) is 133 Å². The number of methoxy groups -OCH3 is 3. The van der Waals surface area contributed by atoms with Crippen LogP contribution >= 0.6 is 0 Å². The van der Waals surface area contributed by atoms with Gasteiger partial charge in [0.1, 0.15) is 17.2 Å². The predicted molar refractivity (Wildman–Crippen MR) is 241 cm³/mol. The molecular formula is C53H45LiO5-2. The summed E-state index contributed by atoms with van der Waals surface area (Å²) in [5.41, 5.74) is 6.70. The molecule has 0 N–H and O–H groups in total. The molecule has 290 valence electrons. The smallest absolute Gasteiger partial charge is 0.497 e. The van der Waals surface area contributed by atoms with Crippen LogP contribution in [0.2, 0.25) is 0 Å². The molecule has 0 aromatic heterocycles. The maximum absolute atomic E-state index is 12.7. The van der Waals surface area contributed by atoms with Crippen molar-refractivity contribution in [3.8, 4) is 50.6 Å². The zero-order valence-corrected chi connectivity index (χ0v) is 34.6. The van der Waals surface area contributed by atoms with Crippen LogP contribution in [-0.4, -0.2) is 33.9 Å². The summed E-state index contributed by atoms with van der Waals surface area (Å²) in [5, 5.41) is 9.50. The Morgan fingerprint density at radius 1 is 0.492 bits per heavy atom. The quantitative estimate of drug-likeness (QED) is 0.0536. The van der Waals surface area contributed by atoms with E-state index < -0.39 is 0 Å². The van der Waals surface area contributed by atoms with Gasteiger partial charge in [-0.2, -0.15) is 16.7 Å². The fourth-order valence-electron chi connectivity index (χ4n) is 8.59. The van der Waals surface area contributed by atoms with E-state index in [9.17, 15) is 9.59 Å². The summed E-state index contributed by atoms with van der Waals surface area (Å²) < 4.78 is 16.5. The average molecular weight is 769 g/mol. The number of ether oxygens (including phenoxy) is 3. The van der Waals surface area contributed by atoms with Crippen LogP contribution in [0.15, 0.2) is 115 Å². The Bertz CT molecular complexity index is 2900. The number of carbonyl (C=O) groups excluding carboxylic acids is 2. The third-order valence-electron chi connectivity index (χ3n) is 11.7. The van der Waals surface area contributed by atoms with Crippen molar-refractivity contribution in [1.29, 1.82) is 0 Å². The van der Waals surface area contributed by atoms with Crippen molar-refractivity contribution in [2.75, 3.05) is 21.3 Å². The minimum atomic E-state index is 0. The Kier molecular flexibility index (Phi) is 12.3. The molecule has 9 aromatic rings. The summed E-state index contributed by atoms with van der Waals surface area (Å²) in [7, 11) is 4.99. The second kappa shape index (κ2) is 17.6. The van der Waals surface area contributed by atoms with E-state index in [4.69, 9.17) is 14.2 Å². The van der Waals surface area contributed by atoms with Gasteiger partial charge in [-0.05, 0) is 121 Å². The fourth-order valence-corrected chi connectivity index (χ4v) is 8.59. The van der Waals surface area contributed by atoms with Crippen molar-refractivity contribution in [2.24, 2.45) is 5.92 Å². The van der Waals surface area contributed by atoms with Crippen LogP contribution in [-0.2, 0) is 9.59 Å². The van der Waals surface area contributed by atoms with Gasteiger partial charge in [0, 0.05) is 0 Å². The first-order chi connectivity index (χ1) is 28.4. The SMILES string of the molecule is COc1ccc(-c2ccc3c4c(-c5ccc(OC)cc5)cc(-c5ccc(OC)cc5)c5ccc6c([C-]=O)c([C-]=O)c7ccc2c3c7c6c54)cc1.[CH2-]C(CC)CCCC.[Li+]. The zero-order valence-electron chi connectivity index (χ0n) is 34.6. The van der Waals surface area contributed by atoms with E-state index in [2.05, 4.69) is 100 Å². The molecule has 0 saturated carbocycles.